The standard InChI is InChI=1S/C24H24ClNO7/c1-31-18-11-17(25)19(32-2)10-16(18)22(28)20-21(13-5-3-6-14(27)9-13)26(24(30)23(20)29)12-15-7-4-8-33-15/h3,5-6,9-11,15,21,27-28H,4,7-8,12H2,1-2H3/b22-20+. The molecule has 174 valence electrons. The van der Waals surface area contributed by atoms with Gasteiger partial charge in [-0.3, -0.25) is 9.59 Å². The summed E-state index contributed by atoms with van der Waals surface area (Å²) in [6.45, 7) is 0.774. The van der Waals surface area contributed by atoms with Crippen LogP contribution in [0.5, 0.6) is 17.2 Å². The summed E-state index contributed by atoms with van der Waals surface area (Å²) < 4.78 is 16.3. The molecule has 8 nitrogen and oxygen atoms in total. The number of methoxy groups -OCH3 is 2. The molecule has 2 unspecified atom stereocenters. The van der Waals surface area contributed by atoms with Crippen LogP contribution in [0.1, 0.15) is 30.0 Å². The summed E-state index contributed by atoms with van der Waals surface area (Å²) in [5.74, 6) is -1.57. The van der Waals surface area contributed by atoms with Gasteiger partial charge in [-0.05, 0) is 36.6 Å². The molecule has 1 amide bonds. The molecule has 2 N–H and O–H groups in total. The van der Waals surface area contributed by atoms with Crippen molar-refractivity contribution in [1.29, 1.82) is 0 Å². The largest absolute Gasteiger partial charge is 0.508 e. The van der Waals surface area contributed by atoms with Gasteiger partial charge in [0.05, 0.1) is 42.5 Å². The monoisotopic (exact) mass is 473 g/mol. The number of carbonyl (C=O) groups is 2. The minimum atomic E-state index is -0.923. The van der Waals surface area contributed by atoms with Crippen LogP contribution in [-0.4, -0.2) is 60.3 Å². The van der Waals surface area contributed by atoms with E-state index in [4.69, 9.17) is 25.8 Å². The van der Waals surface area contributed by atoms with Crippen molar-refractivity contribution in [3.63, 3.8) is 0 Å². The molecule has 2 saturated heterocycles. The SMILES string of the molecule is COc1cc(/C(O)=C2\C(=O)C(=O)N(CC3CCCO3)C2c2cccc(O)c2)c(OC)cc1Cl. The lowest BCUT2D eigenvalue weighted by atomic mass is 9.94. The van der Waals surface area contributed by atoms with E-state index < -0.39 is 23.5 Å². The predicted octanol–water partition coefficient (Wildman–Crippen LogP) is 3.66. The Hall–Kier alpha value is -3.23. The van der Waals surface area contributed by atoms with Crippen molar-refractivity contribution in [2.75, 3.05) is 27.4 Å². The van der Waals surface area contributed by atoms with Gasteiger partial charge in [-0.1, -0.05) is 23.7 Å². The maximum absolute atomic E-state index is 13.2. The van der Waals surface area contributed by atoms with Gasteiger partial charge in [0.1, 0.15) is 23.0 Å². The Kier molecular flexibility index (Phi) is 6.49. The minimum Gasteiger partial charge on any atom is -0.508 e. The Balaban J connectivity index is 1.90. The number of Topliss-reactive ketones (excluding diaryl/α,β-unsaturated/α-hetero) is 1. The molecule has 2 atom stereocenters. The molecular weight excluding hydrogens is 450 g/mol. The van der Waals surface area contributed by atoms with Crippen LogP contribution in [0.3, 0.4) is 0 Å². The number of benzene rings is 2. The molecule has 0 radical (unpaired) electrons. The van der Waals surface area contributed by atoms with Crippen molar-refractivity contribution in [3.8, 4) is 17.2 Å². The fraction of sp³-hybridized carbons (Fsp3) is 0.333. The van der Waals surface area contributed by atoms with E-state index in [0.29, 0.717) is 12.2 Å². The van der Waals surface area contributed by atoms with Gasteiger partial charge in [-0.2, -0.15) is 0 Å². The first kappa shape index (κ1) is 22.9. The zero-order valence-electron chi connectivity index (χ0n) is 18.2. The second-order valence-electron chi connectivity index (χ2n) is 7.87. The number of phenolic OH excluding ortho intramolecular Hbond substituents is 1. The van der Waals surface area contributed by atoms with Gasteiger partial charge in [0.2, 0.25) is 0 Å². The summed E-state index contributed by atoms with van der Waals surface area (Å²) in [5.41, 5.74) is 0.513. The summed E-state index contributed by atoms with van der Waals surface area (Å²) in [6.07, 6.45) is 1.42. The smallest absolute Gasteiger partial charge is 0.295 e. The second kappa shape index (κ2) is 9.33. The average molecular weight is 474 g/mol. The number of aromatic hydroxyl groups is 1. The number of ketones is 1. The van der Waals surface area contributed by atoms with Gasteiger partial charge in [0.25, 0.3) is 11.7 Å². The van der Waals surface area contributed by atoms with Crippen LogP contribution < -0.4 is 9.47 Å². The first-order valence-corrected chi connectivity index (χ1v) is 10.8. The van der Waals surface area contributed by atoms with Crippen LogP contribution in [0.15, 0.2) is 42.0 Å². The van der Waals surface area contributed by atoms with Gasteiger partial charge in [0.15, 0.2) is 0 Å². The Bertz CT molecular complexity index is 1120. The number of amides is 1. The average Bonchev–Trinajstić information content (AvgIpc) is 3.40. The van der Waals surface area contributed by atoms with Crippen LogP contribution in [0.25, 0.3) is 5.76 Å². The Morgan fingerprint density at radius 3 is 2.58 bits per heavy atom. The van der Waals surface area contributed by atoms with Crippen LogP contribution in [-0.2, 0) is 14.3 Å². The first-order chi connectivity index (χ1) is 15.8. The van der Waals surface area contributed by atoms with E-state index in [9.17, 15) is 19.8 Å². The van der Waals surface area contributed by atoms with Crippen molar-refractivity contribution >= 4 is 29.1 Å². The molecule has 2 heterocycles. The van der Waals surface area contributed by atoms with E-state index in [2.05, 4.69) is 0 Å². The highest BCUT2D eigenvalue weighted by Crippen LogP contribution is 2.43. The van der Waals surface area contributed by atoms with E-state index in [-0.39, 0.29) is 46.1 Å². The molecule has 2 aromatic rings. The third-order valence-corrected chi connectivity index (χ3v) is 6.17. The van der Waals surface area contributed by atoms with E-state index in [1.165, 1.54) is 43.4 Å². The van der Waals surface area contributed by atoms with E-state index >= 15 is 0 Å². The Morgan fingerprint density at radius 2 is 1.94 bits per heavy atom. The number of hydrogen-bond acceptors (Lipinski definition) is 7. The number of halogens is 1. The number of carbonyl (C=O) groups excluding carboxylic acids is 2. The number of aliphatic hydroxyl groups is 1. The Labute approximate surface area is 195 Å². The highest BCUT2D eigenvalue weighted by Gasteiger charge is 2.47. The van der Waals surface area contributed by atoms with Crippen LogP contribution in [0.4, 0.5) is 0 Å². The van der Waals surface area contributed by atoms with E-state index in [1.54, 1.807) is 12.1 Å². The number of likely N-dealkylation sites (tertiary alicyclic amines) is 1. The zero-order chi connectivity index (χ0) is 23.7. The summed E-state index contributed by atoms with van der Waals surface area (Å²) >= 11 is 6.18. The second-order valence-corrected chi connectivity index (χ2v) is 8.28. The number of hydrogen-bond donors (Lipinski definition) is 2. The molecule has 9 heteroatoms. The molecule has 0 bridgehead atoms. The van der Waals surface area contributed by atoms with Crippen LogP contribution in [0, 0.1) is 0 Å². The van der Waals surface area contributed by atoms with Crippen molar-refractivity contribution in [2.45, 2.75) is 25.0 Å². The summed E-state index contributed by atoms with van der Waals surface area (Å²) in [4.78, 5) is 27.6. The van der Waals surface area contributed by atoms with E-state index in [0.717, 1.165) is 12.8 Å². The lowest BCUT2D eigenvalue weighted by Crippen LogP contribution is -2.36. The molecule has 2 aliphatic heterocycles. The fourth-order valence-corrected chi connectivity index (χ4v) is 4.54. The Morgan fingerprint density at radius 1 is 1.18 bits per heavy atom. The lowest BCUT2D eigenvalue weighted by molar-refractivity contribution is -0.140. The molecule has 0 saturated carbocycles. The molecule has 0 aliphatic carbocycles. The molecular formula is C24H24ClNO7. The molecule has 2 aliphatic rings. The van der Waals surface area contributed by atoms with Gasteiger partial charge in [0, 0.05) is 19.2 Å². The third kappa shape index (κ3) is 4.24. The third-order valence-electron chi connectivity index (χ3n) is 5.88. The van der Waals surface area contributed by atoms with Crippen LogP contribution in [0.2, 0.25) is 5.02 Å². The predicted molar refractivity (Wildman–Crippen MR) is 121 cm³/mol. The first-order valence-electron chi connectivity index (χ1n) is 10.5. The van der Waals surface area contributed by atoms with Crippen molar-refractivity contribution in [1.82, 2.24) is 4.90 Å². The summed E-state index contributed by atoms with van der Waals surface area (Å²) in [5, 5.41) is 21.6. The van der Waals surface area contributed by atoms with Gasteiger partial charge < -0.3 is 29.3 Å². The van der Waals surface area contributed by atoms with Gasteiger partial charge >= 0.3 is 0 Å². The minimum absolute atomic E-state index is 0.0269. The number of ether oxygens (including phenoxy) is 3. The summed E-state index contributed by atoms with van der Waals surface area (Å²) in [7, 11) is 2.82. The maximum Gasteiger partial charge on any atom is 0.295 e. The molecule has 2 aromatic carbocycles. The quantitative estimate of drug-likeness (QED) is 0.374. The maximum atomic E-state index is 13.2. The molecule has 2 fully saturated rings. The zero-order valence-corrected chi connectivity index (χ0v) is 19.0. The summed E-state index contributed by atoms with van der Waals surface area (Å²) in [6, 6.07) is 8.24. The fourth-order valence-electron chi connectivity index (χ4n) is 4.31. The molecule has 0 spiro atoms. The number of nitrogens with zero attached hydrogens (tertiary/aromatic N) is 1. The highest BCUT2D eigenvalue weighted by molar-refractivity contribution is 6.46. The highest BCUT2D eigenvalue weighted by atomic mass is 35.5. The van der Waals surface area contributed by atoms with E-state index in [1.807, 2.05) is 0 Å². The number of phenols is 1. The van der Waals surface area contributed by atoms with Crippen LogP contribution >= 0.6 is 11.6 Å². The van der Waals surface area contributed by atoms with Crippen molar-refractivity contribution in [2.24, 2.45) is 0 Å². The topological polar surface area (TPSA) is 106 Å². The normalized spacial score (nSPS) is 22.1. The molecule has 4 rings (SSSR count). The van der Waals surface area contributed by atoms with Gasteiger partial charge in [-0.25, -0.2) is 0 Å². The van der Waals surface area contributed by atoms with Gasteiger partial charge in [-0.15, -0.1) is 0 Å². The van der Waals surface area contributed by atoms with Crippen molar-refractivity contribution < 1.29 is 34.0 Å². The molecule has 33 heavy (non-hydrogen) atoms. The number of rotatable bonds is 6. The molecule has 0 aromatic heterocycles. The van der Waals surface area contributed by atoms with Crippen molar-refractivity contribution in [3.05, 3.63) is 58.1 Å². The number of aliphatic hydroxyl groups excluding tert-OH is 1. The lowest BCUT2D eigenvalue weighted by Gasteiger charge is -2.27.